The van der Waals surface area contributed by atoms with Gasteiger partial charge in [0, 0.05) is 6.42 Å². The fraction of sp³-hybridized carbons (Fsp3) is 0.600. The van der Waals surface area contributed by atoms with Gasteiger partial charge in [0.25, 0.3) is 0 Å². The number of carbonyl (C=O) groups is 2. The lowest BCUT2D eigenvalue weighted by molar-refractivity contribution is -0.133. The molecule has 0 N–H and O–H groups in total. The van der Waals surface area contributed by atoms with Gasteiger partial charge in [0.1, 0.15) is 0 Å². The molecular formula is C10H14O2. The van der Waals surface area contributed by atoms with E-state index >= 15 is 0 Å². The maximum Gasteiger partial charge on any atom is 0.221 e. The van der Waals surface area contributed by atoms with Gasteiger partial charge in [-0.25, -0.2) is 0 Å². The van der Waals surface area contributed by atoms with Crippen molar-refractivity contribution in [3.63, 3.8) is 0 Å². The van der Waals surface area contributed by atoms with Crippen molar-refractivity contribution in [2.45, 2.75) is 33.1 Å². The van der Waals surface area contributed by atoms with Crippen molar-refractivity contribution in [3.05, 3.63) is 11.6 Å². The smallest absolute Gasteiger partial charge is 0.221 e. The number of rotatable bonds is 1. The molecule has 0 aliphatic heterocycles. The van der Waals surface area contributed by atoms with E-state index in [2.05, 4.69) is 13.8 Å². The molecule has 2 heteroatoms. The first-order valence-electron chi connectivity index (χ1n) is 4.39. The van der Waals surface area contributed by atoms with Crippen LogP contribution in [0.1, 0.15) is 33.1 Å². The average molecular weight is 166 g/mol. The summed E-state index contributed by atoms with van der Waals surface area (Å²) in [5.74, 6) is -0.151. The number of Topliss-reactive ketones (excluding diaryl/α,β-unsaturated/α-hetero) is 1. The topological polar surface area (TPSA) is 34.1 Å². The van der Waals surface area contributed by atoms with Crippen LogP contribution in [0.4, 0.5) is 0 Å². The lowest BCUT2D eigenvalue weighted by Crippen LogP contribution is -2.08. The van der Waals surface area contributed by atoms with E-state index in [0.717, 1.165) is 18.4 Å². The molecule has 0 amide bonds. The number of hydrogen-bond acceptors (Lipinski definition) is 2. The highest BCUT2D eigenvalue weighted by atomic mass is 16.2. The molecule has 0 aromatic heterocycles. The van der Waals surface area contributed by atoms with Crippen molar-refractivity contribution < 1.29 is 9.59 Å². The minimum Gasteiger partial charge on any atom is -0.291 e. The fourth-order valence-electron chi connectivity index (χ4n) is 1.35. The lowest BCUT2D eigenvalue weighted by Gasteiger charge is -2.06. The van der Waals surface area contributed by atoms with Crippen LogP contribution < -0.4 is 0 Å². The third kappa shape index (κ3) is 2.03. The first-order chi connectivity index (χ1) is 5.61. The summed E-state index contributed by atoms with van der Waals surface area (Å²) in [6.07, 6.45) is 3.68. The second-order valence-electron chi connectivity index (χ2n) is 3.51. The van der Waals surface area contributed by atoms with Gasteiger partial charge in [0.05, 0.1) is 0 Å². The van der Waals surface area contributed by atoms with E-state index < -0.39 is 0 Å². The molecule has 0 aromatic carbocycles. The quantitative estimate of drug-likeness (QED) is 0.557. The molecule has 0 bridgehead atoms. The fourth-order valence-corrected chi connectivity index (χ4v) is 1.35. The number of carbonyl (C=O) groups excluding carboxylic acids is 2. The largest absolute Gasteiger partial charge is 0.291 e. The zero-order valence-electron chi connectivity index (χ0n) is 7.59. The van der Waals surface area contributed by atoms with E-state index in [-0.39, 0.29) is 11.6 Å². The second-order valence-corrected chi connectivity index (χ2v) is 3.51. The molecule has 1 aliphatic rings. The van der Waals surface area contributed by atoms with Crippen LogP contribution >= 0.6 is 0 Å². The Balaban J connectivity index is 2.81. The van der Waals surface area contributed by atoms with Crippen LogP contribution in [-0.4, -0.2) is 11.6 Å². The van der Waals surface area contributed by atoms with Gasteiger partial charge in [-0.3, -0.25) is 9.59 Å². The van der Waals surface area contributed by atoms with Crippen LogP contribution in [0.15, 0.2) is 11.6 Å². The maximum atomic E-state index is 11.1. The first-order valence-corrected chi connectivity index (χ1v) is 4.39. The van der Waals surface area contributed by atoms with Gasteiger partial charge in [-0.1, -0.05) is 19.4 Å². The Labute approximate surface area is 72.7 Å². The highest BCUT2D eigenvalue weighted by Crippen LogP contribution is 2.20. The summed E-state index contributed by atoms with van der Waals surface area (Å²) in [5, 5.41) is 0. The van der Waals surface area contributed by atoms with Crippen LogP contribution in [0.3, 0.4) is 0 Å². The van der Waals surface area contributed by atoms with Gasteiger partial charge >= 0.3 is 0 Å². The summed E-state index contributed by atoms with van der Waals surface area (Å²) in [5.41, 5.74) is 1.12. The molecule has 0 aromatic rings. The first kappa shape index (κ1) is 9.17. The zero-order chi connectivity index (χ0) is 9.14. The van der Waals surface area contributed by atoms with Crippen molar-refractivity contribution in [3.8, 4) is 0 Å². The molecule has 0 heterocycles. The van der Waals surface area contributed by atoms with Crippen molar-refractivity contribution in [1.82, 2.24) is 0 Å². The minimum absolute atomic E-state index is 0.231. The summed E-state index contributed by atoms with van der Waals surface area (Å²) < 4.78 is 0. The van der Waals surface area contributed by atoms with Crippen molar-refractivity contribution >= 4 is 11.6 Å². The molecule has 0 saturated heterocycles. The molecule has 1 rings (SSSR count). The molecule has 12 heavy (non-hydrogen) atoms. The molecular weight excluding hydrogens is 152 g/mol. The van der Waals surface area contributed by atoms with Gasteiger partial charge in [-0.15, -0.1) is 0 Å². The Hall–Kier alpha value is -0.920. The number of hydrogen-bond donors (Lipinski definition) is 0. The third-order valence-corrected chi connectivity index (χ3v) is 2.20. The van der Waals surface area contributed by atoms with Gasteiger partial charge in [0.2, 0.25) is 11.6 Å². The summed E-state index contributed by atoms with van der Waals surface area (Å²) in [7, 11) is 0. The Bertz CT molecular complexity index is 236. The predicted molar refractivity (Wildman–Crippen MR) is 46.8 cm³/mol. The normalized spacial score (nSPS) is 19.4. The van der Waals surface area contributed by atoms with Gasteiger partial charge in [-0.05, 0) is 24.8 Å². The molecule has 0 atom stereocenters. The van der Waals surface area contributed by atoms with Crippen molar-refractivity contribution in [2.24, 2.45) is 5.92 Å². The van der Waals surface area contributed by atoms with Crippen molar-refractivity contribution in [2.75, 3.05) is 0 Å². The molecule has 0 saturated carbocycles. The molecule has 0 spiro atoms. The number of allylic oxidation sites excluding steroid dienone is 2. The highest BCUT2D eigenvalue weighted by Gasteiger charge is 2.17. The second kappa shape index (κ2) is 3.65. The molecule has 66 valence electrons. The van der Waals surface area contributed by atoms with Crippen LogP contribution in [0.5, 0.6) is 0 Å². The number of ketones is 2. The van der Waals surface area contributed by atoms with Crippen LogP contribution in [0.25, 0.3) is 0 Å². The van der Waals surface area contributed by atoms with Gasteiger partial charge < -0.3 is 0 Å². The Morgan fingerprint density at radius 1 is 1.25 bits per heavy atom. The molecule has 0 fully saturated rings. The Morgan fingerprint density at radius 3 is 2.50 bits per heavy atom. The van der Waals surface area contributed by atoms with Crippen LogP contribution in [0.2, 0.25) is 0 Å². The zero-order valence-corrected chi connectivity index (χ0v) is 7.59. The summed E-state index contributed by atoms with van der Waals surface area (Å²) in [6.45, 7) is 4.10. The Morgan fingerprint density at radius 2 is 1.92 bits per heavy atom. The van der Waals surface area contributed by atoms with E-state index in [1.165, 1.54) is 6.08 Å². The standard InChI is InChI=1S/C10H14O2/c1-7(2)8-4-3-5-9(11)10(12)6-8/h6-7H,3-5H2,1-2H3. The third-order valence-electron chi connectivity index (χ3n) is 2.20. The SMILES string of the molecule is CC(C)C1=CC(=O)C(=O)CCC1. The van der Waals surface area contributed by atoms with E-state index in [0.29, 0.717) is 12.3 Å². The molecule has 2 nitrogen and oxygen atoms in total. The highest BCUT2D eigenvalue weighted by molar-refractivity contribution is 6.41. The Kier molecular flexibility index (Phi) is 2.79. The summed E-state index contributed by atoms with van der Waals surface area (Å²) in [6, 6.07) is 0. The van der Waals surface area contributed by atoms with E-state index in [4.69, 9.17) is 0 Å². The van der Waals surface area contributed by atoms with Crippen LogP contribution in [-0.2, 0) is 9.59 Å². The lowest BCUT2D eigenvalue weighted by atomic mass is 9.99. The maximum absolute atomic E-state index is 11.1. The molecule has 0 radical (unpaired) electrons. The molecule has 0 unspecified atom stereocenters. The van der Waals surface area contributed by atoms with Gasteiger partial charge in [0.15, 0.2) is 0 Å². The van der Waals surface area contributed by atoms with Gasteiger partial charge in [-0.2, -0.15) is 0 Å². The van der Waals surface area contributed by atoms with Crippen molar-refractivity contribution in [1.29, 1.82) is 0 Å². The summed E-state index contributed by atoms with van der Waals surface area (Å²) >= 11 is 0. The monoisotopic (exact) mass is 166 g/mol. The predicted octanol–water partition coefficient (Wildman–Crippen LogP) is 1.89. The van der Waals surface area contributed by atoms with E-state index in [9.17, 15) is 9.59 Å². The summed E-state index contributed by atoms with van der Waals surface area (Å²) in [4.78, 5) is 22.1. The molecule has 1 aliphatic carbocycles. The minimum atomic E-state index is -0.309. The van der Waals surface area contributed by atoms with E-state index in [1.807, 2.05) is 0 Å². The average Bonchev–Trinajstić information content (AvgIpc) is 2.15. The van der Waals surface area contributed by atoms with Crippen LogP contribution in [0, 0.1) is 5.92 Å². The van der Waals surface area contributed by atoms with E-state index in [1.54, 1.807) is 0 Å².